The van der Waals surface area contributed by atoms with Gasteiger partial charge in [0.1, 0.15) is 5.04 Å². The number of ether oxygens (including phenoxy) is 2. The lowest BCUT2D eigenvalue weighted by Gasteiger charge is -2.10. The first-order valence-corrected chi connectivity index (χ1v) is 10.9. The molecule has 0 aromatic heterocycles. The third kappa shape index (κ3) is 4.48. The summed E-state index contributed by atoms with van der Waals surface area (Å²) in [4.78, 5) is 12.3. The van der Waals surface area contributed by atoms with Gasteiger partial charge in [0.2, 0.25) is 5.91 Å². The predicted molar refractivity (Wildman–Crippen MR) is 109 cm³/mol. The molecule has 1 aliphatic rings. The minimum Gasteiger partial charge on any atom is -0.493 e. The van der Waals surface area contributed by atoms with Gasteiger partial charge < -0.3 is 14.8 Å². The molecule has 0 spiro atoms. The Balaban J connectivity index is 1.51. The van der Waals surface area contributed by atoms with Gasteiger partial charge in [0.25, 0.3) is 10.0 Å². The summed E-state index contributed by atoms with van der Waals surface area (Å²) in [6.07, 6.45) is 0.634. The number of nitrogens with one attached hydrogen (secondary N) is 1. The third-order valence-corrected chi connectivity index (χ3v) is 6.56. The molecule has 2 aromatic carbocycles. The van der Waals surface area contributed by atoms with Crippen LogP contribution in [0.5, 0.6) is 11.5 Å². The Morgan fingerprint density at radius 1 is 1.11 bits per heavy atom. The van der Waals surface area contributed by atoms with E-state index in [4.69, 9.17) is 9.47 Å². The Hall–Kier alpha value is -2.52. The highest BCUT2D eigenvalue weighted by Gasteiger charge is 2.28. The Kier molecular flexibility index (Phi) is 6.25. The van der Waals surface area contributed by atoms with Crippen molar-refractivity contribution in [1.29, 1.82) is 0 Å². The number of fused-ring (bicyclic) bond motifs is 1. The van der Waals surface area contributed by atoms with Crippen molar-refractivity contribution in [3.63, 3.8) is 0 Å². The molecular weight excluding hydrogens is 400 g/mol. The summed E-state index contributed by atoms with van der Waals surface area (Å²) in [5, 5.41) is 3.18. The summed E-state index contributed by atoms with van der Waals surface area (Å²) in [7, 11) is -0.504. The number of amides is 1. The second-order valence-electron chi connectivity index (χ2n) is 5.95. The number of methoxy groups -OCH3 is 2. The van der Waals surface area contributed by atoms with Crippen LogP contribution >= 0.6 is 11.8 Å². The van der Waals surface area contributed by atoms with Gasteiger partial charge in [0, 0.05) is 12.1 Å². The summed E-state index contributed by atoms with van der Waals surface area (Å²) in [6, 6.07) is 12.2. The van der Waals surface area contributed by atoms with E-state index < -0.39 is 10.0 Å². The van der Waals surface area contributed by atoms with Crippen molar-refractivity contribution in [2.45, 2.75) is 11.3 Å². The third-order valence-electron chi connectivity index (χ3n) is 4.12. The summed E-state index contributed by atoms with van der Waals surface area (Å²) in [6.45, 7) is 0.455. The number of carbonyl (C=O) groups is 1. The van der Waals surface area contributed by atoms with Crippen molar-refractivity contribution in [3.05, 3.63) is 53.6 Å². The molecule has 7 nitrogen and oxygen atoms in total. The maximum Gasteiger partial charge on any atom is 0.284 e. The Labute approximate surface area is 168 Å². The van der Waals surface area contributed by atoms with Crippen molar-refractivity contribution in [1.82, 2.24) is 5.32 Å². The highest BCUT2D eigenvalue weighted by Crippen LogP contribution is 2.30. The number of nitrogens with zero attached hydrogens (tertiary/aromatic N) is 1. The molecular formula is C19H20N2O5S2. The minimum atomic E-state index is -3.65. The van der Waals surface area contributed by atoms with Crippen molar-refractivity contribution < 1.29 is 22.7 Å². The molecule has 0 unspecified atom stereocenters. The van der Waals surface area contributed by atoms with E-state index >= 15 is 0 Å². The summed E-state index contributed by atoms with van der Waals surface area (Å²) in [5.41, 5.74) is 1.55. The lowest BCUT2D eigenvalue weighted by molar-refractivity contribution is -0.118. The molecule has 3 rings (SSSR count). The lowest BCUT2D eigenvalue weighted by atomic mass is 10.1. The van der Waals surface area contributed by atoms with Crippen LogP contribution in [0.1, 0.15) is 11.1 Å². The van der Waals surface area contributed by atoms with E-state index in [0.717, 1.165) is 17.3 Å². The Bertz CT molecular complexity index is 1020. The van der Waals surface area contributed by atoms with Crippen LogP contribution in [0.15, 0.2) is 51.8 Å². The van der Waals surface area contributed by atoms with E-state index in [-0.39, 0.29) is 16.6 Å². The zero-order chi connectivity index (χ0) is 20.1. The molecule has 9 heteroatoms. The zero-order valence-electron chi connectivity index (χ0n) is 15.5. The Morgan fingerprint density at radius 2 is 1.86 bits per heavy atom. The van der Waals surface area contributed by atoms with Gasteiger partial charge in [-0.2, -0.15) is 12.8 Å². The average molecular weight is 421 g/mol. The SMILES string of the molecule is COc1ccc(CCNC(=O)CSC2=NS(=O)(=O)c3ccccc32)cc1OC. The van der Waals surface area contributed by atoms with E-state index in [1.807, 2.05) is 18.2 Å². The van der Waals surface area contributed by atoms with E-state index in [2.05, 4.69) is 9.71 Å². The lowest BCUT2D eigenvalue weighted by Crippen LogP contribution is -2.27. The van der Waals surface area contributed by atoms with Crippen LogP contribution in [0.25, 0.3) is 0 Å². The molecule has 148 valence electrons. The van der Waals surface area contributed by atoms with E-state index in [1.165, 1.54) is 6.07 Å². The second kappa shape index (κ2) is 8.66. The van der Waals surface area contributed by atoms with Gasteiger partial charge in [0.15, 0.2) is 11.5 Å². The van der Waals surface area contributed by atoms with Crippen molar-refractivity contribution in [2.75, 3.05) is 26.5 Å². The van der Waals surface area contributed by atoms with Crippen LogP contribution in [0.3, 0.4) is 0 Å². The summed E-state index contributed by atoms with van der Waals surface area (Å²) in [5.74, 6) is 1.20. The smallest absolute Gasteiger partial charge is 0.284 e. The Morgan fingerprint density at radius 3 is 2.61 bits per heavy atom. The van der Waals surface area contributed by atoms with Gasteiger partial charge >= 0.3 is 0 Å². The molecule has 0 aliphatic carbocycles. The van der Waals surface area contributed by atoms with E-state index in [0.29, 0.717) is 35.1 Å². The first kappa shape index (κ1) is 20.2. The standard InChI is InChI=1S/C19H20N2O5S2/c1-25-15-8-7-13(11-16(15)26-2)9-10-20-18(22)12-27-19-14-5-3-4-6-17(14)28(23,24)21-19/h3-8,11H,9-10,12H2,1-2H3,(H,20,22). The highest BCUT2D eigenvalue weighted by atomic mass is 32.2. The van der Waals surface area contributed by atoms with Gasteiger partial charge in [-0.05, 0) is 30.2 Å². The maximum atomic E-state index is 12.1. The first-order chi connectivity index (χ1) is 13.4. The van der Waals surface area contributed by atoms with Crippen molar-refractivity contribution in [2.24, 2.45) is 4.40 Å². The highest BCUT2D eigenvalue weighted by molar-refractivity contribution is 8.16. The largest absolute Gasteiger partial charge is 0.493 e. The van der Waals surface area contributed by atoms with Crippen LogP contribution in [-0.4, -0.2) is 45.9 Å². The normalized spacial score (nSPS) is 14.1. The van der Waals surface area contributed by atoms with Gasteiger partial charge in [-0.25, -0.2) is 0 Å². The van der Waals surface area contributed by atoms with Crippen molar-refractivity contribution in [3.8, 4) is 11.5 Å². The van der Waals surface area contributed by atoms with Crippen LogP contribution in [0.2, 0.25) is 0 Å². The fraction of sp³-hybridized carbons (Fsp3) is 0.263. The molecule has 1 aliphatic heterocycles. The summed E-state index contributed by atoms with van der Waals surface area (Å²) < 4.78 is 38.3. The number of benzene rings is 2. The van der Waals surface area contributed by atoms with Crippen LogP contribution in [0, 0.1) is 0 Å². The van der Waals surface area contributed by atoms with E-state index in [9.17, 15) is 13.2 Å². The van der Waals surface area contributed by atoms with Crippen LogP contribution in [-0.2, 0) is 21.2 Å². The number of carbonyl (C=O) groups excluding carboxylic acids is 1. The molecule has 28 heavy (non-hydrogen) atoms. The molecule has 1 N–H and O–H groups in total. The summed E-state index contributed by atoms with van der Waals surface area (Å²) >= 11 is 1.12. The topological polar surface area (TPSA) is 94.1 Å². The van der Waals surface area contributed by atoms with Gasteiger partial charge in [-0.1, -0.05) is 36.0 Å². The molecule has 2 aromatic rings. The molecule has 0 bridgehead atoms. The maximum absolute atomic E-state index is 12.1. The number of thioether (sulfide) groups is 1. The second-order valence-corrected chi connectivity index (χ2v) is 8.48. The molecule has 0 atom stereocenters. The number of sulfonamides is 1. The van der Waals surface area contributed by atoms with Gasteiger partial charge in [0.05, 0.1) is 24.9 Å². The number of hydrogen-bond donors (Lipinski definition) is 1. The molecule has 0 fully saturated rings. The minimum absolute atomic E-state index is 0.0919. The molecule has 0 radical (unpaired) electrons. The van der Waals surface area contributed by atoms with Crippen LogP contribution < -0.4 is 14.8 Å². The molecule has 0 saturated carbocycles. The number of rotatable bonds is 7. The monoisotopic (exact) mass is 420 g/mol. The fourth-order valence-electron chi connectivity index (χ4n) is 2.75. The average Bonchev–Trinajstić information content (AvgIpc) is 2.97. The van der Waals surface area contributed by atoms with Gasteiger partial charge in [-0.3, -0.25) is 4.79 Å². The van der Waals surface area contributed by atoms with Gasteiger partial charge in [-0.15, -0.1) is 0 Å². The van der Waals surface area contributed by atoms with E-state index in [1.54, 1.807) is 32.4 Å². The van der Waals surface area contributed by atoms with Crippen molar-refractivity contribution >= 4 is 32.7 Å². The predicted octanol–water partition coefficient (Wildman–Crippen LogP) is 2.24. The van der Waals surface area contributed by atoms with Crippen LogP contribution in [0.4, 0.5) is 0 Å². The molecule has 1 amide bonds. The fourth-order valence-corrected chi connectivity index (χ4v) is 5.13. The first-order valence-electron chi connectivity index (χ1n) is 8.49. The molecule has 0 saturated heterocycles. The molecule has 1 heterocycles. The number of hydrogen-bond acceptors (Lipinski definition) is 6. The quantitative estimate of drug-likeness (QED) is 0.738. The zero-order valence-corrected chi connectivity index (χ0v) is 17.1.